The molecule has 1 aliphatic rings. The van der Waals surface area contributed by atoms with Crippen molar-refractivity contribution >= 4 is 9.84 Å². The smallest absolute Gasteiger partial charge is 0.153 e. The molecule has 18 heavy (non-hydrogen) atoms. The number of sulfone groups is 1. The van der Waals surface area contributed by atoms with Gasteiger partial charge in [0.05, 0.1) is 17.5 Å². The van der Waals surface area contributed by atoms with Gasteiger partial charge >= 0.3 is 0 Å². The molecule has 4 nitrogen and oxygen atoms in total. The summed E-state index contributed by atoms with van der Waals surface area (Å²) < 4.78 is 28.6. The number of benzene rings is 1. The summed E-state index contributed by atoms with van der Waals surface area (Å²) in [6.07, 6.45) is 0. The Morgan fingerprint density at radius 2 is 1.94 bits per heavy atom. The molecule has 0 amide bonds. The molecule has 2 rings (SSSR count). The molecule has 1 aromatic rings. The average Bonchev–Trinajstić information content (AvgIpc) is 2.24. The van der Waals surface area contributed by atoms with Crippen LogP contribution in [0.5, 0.6) is 5.75 Å². The van der Waals surface area contributed by atoms with Crippen LogP contribution in [-0.2, 0) is 9.84 Å². The SMILES string of the molecule is Cc1cc(C)cc(OCC2CS(=O)(=O)CCN2)c1. The lowest BCUT2D eigenvalue weighted by Gasteiger charge is -2.23. The molecule has 1 unspecified atom stereocenters. The van der Waals surface area contributed by atoms with Crippen molar-refractivity contribution in [2.75, 3.05) is 24.7 Å². The van der Waals surface area contributed by atoms with Gasteiger partial charge in [0.25, 0.3) is 0 Å². The summed E-state index contributed by atoms with van der Waals surface area (Å²) in [5.41, 5.74) is 2.29. The van der Waals surface area contributed by atoms with Crippen molar-refractivity contribution in [3.63, 3.8) is 0 Å². The maximum atomic E-state index is 11.5. The van der Waals surface area contributed by atoms with Crippen molar-refractivity contribution in [3.8, 4) is 5.75 Å². The van der Waals surface area contributed by atoms with Gasteiger partial charge in [-0.15, -0.1) is 0 Å². The Morgan fingerprint density at radius 1 is 1.28 bits per heavy atom. The van der Waals surface area contributed by atoms with Gasteiger partial charge < -0.3 is 10.1 Å². The lowest BCUT2D eigenvalue weighted by Crippen LogP contribution is -2.48. The van der Waals surface area contributed by atoms with E-state index in [2.05, 4.69) is 11.4 Å². The fraction of sp³-hybridized carbons (Fsp3) is 0.538. The van der Waals surface area contributed by atoms with Crippen molar-refractivity contribution in [1.29, 1.82) is 0 Å². The standard InChI is InChI=1S/C13H19NO3S/c1-10-5-11(2)7-13(6-10)17-8-12-9-18(15,16)4-3-14-12/h5-7,12,14H,3-4,8-9H2,1-2H3. The van der Waals surface area contributed by atoms with Crippen LogP contribution in [0.3, 0.4) is 0 Å². The minimum absolute atomic E-state index is 0.107. The molecule has 100 valence electrons. The van der Waals surface area contributed by atoms with Crippen LogP contribution in [-0.4, -0.2) is 39.1 Å². The van der Waals surface area contributed by atoms with Crippen LogP contribution in [0, 0.1) is 13.8 Å². The molecule has 0 saturated carbocycles. The summed E-state index contributed by atoms with van der Waals surface area (Å²) in [6.45, 7) is 4.94. The maximum Gasteiger partial charge on any atom is 0.153 e. The van der Waals surface area contributed by atoms with Gasteiger partial charge in [0.2, 0.25) is 0 Å². The van der Waals surface area contributed by atoms with E-state index in [4.69, 9.17) is 4.74 Å². The van der Waals surface area contributed by atoms with Crippen molar-refractivity contribution in [2.24, 2.45) is 0 Å². The van der Waals surface area contributed by atoms with E-state index in [0.717, 1.165) is 16.9 Å². The molecule has 0 spiro atoms. The molecule has 0 radical (unpaired) electrons. The number of hydrogen-bond donors (Lipinski definition) is 1. The van der Waals surface area contributed by atoms with Crippen LogP contribution in [0.1, 0.15) is 11.1 Å². The summed E-state index contributed by atoms with van der Waals surface area (Å²) in [5.74, 6) is 1.20. The summed E-state index contributed by atoms with van der Waals surface area (Å²) >= 11 is 0. The van der Waals surface area contributed by atoms with E-state index in [-0.39, 0.29) is 17.5 Å². The van der Waals surface area contributed by atoms with Crippen molar-refractivity contribution in [2.45, 2.75) is 19.9 Å². The van der Waals surface area contributed by atoms with Crippen molar-refractivity contribution in [3.05, 3.63) is 29.3 Å². The highest BCUT2D eigenvalue weighted by atomic mass is 32.2. The zero-order chi connectivity index (χ0) is 13.2. The van der Waals surface area contributed by atoms with E-state index >= 15 is 0 Å². The van der Waals surface area contributed by atoms with Crippen molar-refractivity contribution in [1.82, 2.24) is 5.32 Å². The first-order valence-electron chi connectivity index (χ1n) is 6.09. The fourth-order valence-electron chi connectivity index (χ4n) is 2.19. The maximum absolute atomic E-state index is 11.5. The second-order valence-corrected chi connectivity index (χ2v) is 7.13. The van der Waals surface area contributed by atoms with E-state index in [9.17, 15) is 8.42 Å². The monoisotopic (exact) mass is 269 g/mol. The number of nitrogens with one attached hydrogen (secondary N) is 1. The van der Waals surface area contributed by atoms with E-state index in [1.807, 2.05) is 26.0 Å². The molecular weight excluding hydrogens is 250 g/mol. The molecule has 5 heteroatoms. The molecule has 1 N–H and O–H groups in total. The van der Waals surface area contributed by atoms with Gasteiger partial charge in [-0.2, -0.15) is 0 Å². The summed E-state index contributed by atoms with van der Waals surface area (Å²) in [7, 11) is -2.90. The van der Waals surface area contributed by atoms with Gasteiger partial charge in [0.15, 0.2) is 9.84 Å². The van der Waals surface area contributed by atoms with E-state index in [1.165, 1.54) is 0 Å². The van der Waals surface area contributed by atoms with Crippen molar-refractivity contribution < 1.29 is 13.2 Å². The molecule has 0 bridgehead atoms. The third kappa shape index (κ3) is 3.71. The Kier molecular flexibility index (Phi) is 3.92. The minimum Gasteiger partial charge on any atom is -0.492 e. The minimum atomic E-state index is -2.90. The molecule has 1 saturated heterocycles. The highest BCUT2D eigenvalue weighted by Gasteiger charge is 2.24. The molecule has 1 fully saturated rings. The average molecular weight is 269 g/mol. The molecule has 1 atom stereocenters. The Balaban J connectivity index is 1.95. The summed E-state index contributed by atoms with van der Waals surface area (Å²) in [5, 5.41) is 3.17. The molecule has 0 aliphatic carbocycles. The van der Waals surface area contributed by atoms with Crippen LogP contribution in [0.25, 0.3) is 0 Å². The molecule has 1 aliphatic heterocycles. The van der Waals surface area contributed by atoms with Crippen LogP contribution < -0.4 is 10.1 Å². The zero-order valence-corrected chi connectivity index (χ0v) is 11.6. The summed E-state index contributed by atoms with van der Waals surface area (Å²) in [4.78, 5) is 0. The Bertz CT molecular complexity index is 505. The number of rotatable bonds is 3. The number of ether oxygens (including phenoxy) is 1. The van der Waals surface area contributed by atoms with Crippen LogP contribution in [0.15, 0.2) is 18.2 Å². The zero-order valence-electron chi connectivity index (χ0n) is 10.8. The predicted octanol–water partition coefficient (Wildman–Crippen LogP) is 1.07. The third-order valence-corrected chi connectivity index (χ3v) is 4.68. The van der Waals surface area contributed by atoms with Gasteiger partial charge in [0, 0.05) is 6.54 Å². The number of hydrogen-bond acceptors (Lipinski definition) is 4. The van der Waals surface area contributed by atoms with E-state index in [0.29, 0.717) is 13.2 Å². The van der Waals surface area contributed by atoms with Crippen LogP contribution in [0.2, 0.25) is 0 Å². The second kappa shape index (κ2) is 5.28. The van der Waals surface area contributed by atoms with Gasteiger partial charge in [-0.1, -0.05) is 6.07 Å². The van der Waals surface area contributed by atoms with Gasteiger partial charge in [-0.3, -0.25) is 0 Å². The molecular formula is C13H19NO3S. The second-order valence-electron chi connectivity index (χ2n) is 4.90. The number of aryl methyl sites for hydroxylation is 2. The predicted molar refractivity (Wildman–Crippen MR) is 71.9 cm³/mol. The first kappa shape index (κ1) is 13.4. The highest BCUT2D eigenvalue weighted by Crippen LogP contribution is 2.16. The lowest BCUT2D eigenvalue weighted by molar-refractivity contribution is 0.273. The largest absolute Gasteiger partial charge is 0.492 e. The van der Waals surface area contributed by atoms with Gasteiger partial charge in [0.1, 0.15) is 12.4 Å². The van der Waals surface area contributed by atoms with Crippen LogP contribution >= 0.6 is 0 Å². The van der Waals surface area contributed by atoms with Gasteiger partial charge in [-0.25, -0.2) is 8.42 Å². The van der Waals surface area contributed by atoms with Crippen LogP contribution in [0.4, 0.5) is 0 Å². The fourth-order valence-corrected chi connectivity index (χ4v) is 3.61. The molecule has 1 heterocycles. The summed E-state index contributed by atoms with van der Waals surface area (Å²) in [6, 6.07) is 5.90. The third-order valence-electron chi connectivity index (χ3n) is 2.95. The van der Waals surface area contributed by atoms with E-state index < -0.39 is 9.84 Å². The Labute approximate surface area is 108 Å². The Hall–Kier alpha value is -1.07. The van der Waals surface area contributed by atoms with E-state index in [1.54, 1.807) is 0 Å². The molecule has 1 aromatic carbocycles. The van der Waals surface area contributed by atoms with Gasteiger partial charge in [-0.05, 0) is 37.1 Å². The lowest BCUT2D eigenvalue weighted by atomic mass is 10.1. The first-order valence-corrected chi connectivity index (χ1v) is 7.92. The first-order chi connectivity index (χ1) is 8.44. The highest BCUT2D eigenvalue weighted by molar-refractivity contribution is 7.91. The molecule has 0 aromatic heterocycles. The topological polar surface area (TPSA) is 55.4 Å². The normalized spacial score (nSPS) is 22.7. The quantitative estimate of drug-likeness (QED) is 0.892. The Morgan fingerprint density at radius 3 is 2.56 bits per heavy atom.